The molecule has 0 amide bonds. The molecule has 0 radical (unpaired) electrons. The first-order chi connectivity index (χ1) is 8.78. The van der Waals surface area contributed by atoms with Crippen molar-refractivity contribution in [1.82, 2.24) is 15.0 Å². The third-order valence-corrected chi connectivity index (χ3v) is 5.50. The average Bonchev–Trinajstić information content (AvgIpc) is 3.08. The molecule has 0 aromatic carbocycles. The standard InChI is InChI=1S/C12H14IN3OS/c13-10-3-8(6-17)4-12(10)16-5-11(14-15-16)9-1-2-18-7-9/h1-2,5,7-8,10,12,17H,3-4,6H2/t8-,10-,12-/m0/s1. The zero-order chi connectivity index (χ0) is 12.5. The summed E-state index contributed by atoms with van der Waals surface area (Å²) in [5.74, 6) is 0.408. The molecular formula is C12H14IN3OS. The Morgan fingerprint density at radius 2 is 2.39 bits per heavy atom. The van der Waals surface area contributed by atoms with Gasteiger partial charge in [-0.2, -0.15) is 11.3 Å². The van der Waals surface area contributed by atoms with Crippen molar-refractivity contribution in [3.63, 3.8) is 0 Å². The van der Waals surface area contributed by atoms with Gasteiger partial charge in [-0.3, -0.25) is 0 Å². The molecule has 3 atom stereocenters. The number of hydrogen-bond acceptors (Lipinski definition) is 4. The highest BCUT2D eigenvalue weighted by atomic mass is 127. The SMILES string of the molecule is OC[C@H]1C[C@H](I)[C@@H](n2cc(-c3ccsc3)nn2)C1. The predicted octanol–water partition coefficient (Wildman–Crippen LogP) is 2.75. The Bertz CT molecular complexity index is 513. The molecule has 96 valence electrons. The van der Waals surface area contributed by atoms with E-state index in [9.17, 15) is 5.11 Å². The molecule has 1 fully saturated rings. The number of aliphatic hydroxyl groups is 1. The topological polar surface area (TPSA) is 50.9 Å². The number of alkyl halides is 1. The molecule has 18 heavy (non-hydrogen) atoms. The van der Waals surface area contributed by atoms with Crippen LogP contribution in [0.5, 0.6) is 0 Å². The van der Waals surface area contributed by atoms with Crippen molar-refractivity contribution in [2.24, 2.45) is 5.92 Å². The van der Waals surface area contributed by atoms with E-state index >= 15 is 0 Å². The van der Waals surface area contributed by atoms with Crippen LogP contribution in [0.2, 0.25) is 0 Å². The Morgan fingerprint density at radius 3 is 3.06 bits per heavy atom. The quantitative estimate of drug-likeness (QED) is 0.663. The van der Waals surface area contributed by atoms with Gasteiger partial charge >= 0.3 is 0 Å². The molecule has 0 saturated heterocycles. The summed E-state index contributed by atoms with van der Waals surface area (Å²) in [6.07, 6.45) is 4.09. The van der Waals surface area contributed by atoms with Crippen LogP contribution in [0.15, 0.2) is 23.0 Å². The third-order valence-electron chi connectivity index (χ3n) is 3.48. The van der Waals surface area contributed by atoms with E-state index in [0.29, 0.717) is 15.9 Å². The Labute approximate surface area is 123 Å². The van der Waals surface area contributed by atoms with Crippen LogP contribution >= 0.6 is 33.9 Å². The lowest BCUT2D eigenvalue weighted by Crippen LogP contribution is -2.14. The first kappa shape index (κ1) is 12.6. The summed E-state index contributed by atoms with van der Waals surface area (Å²) in [6, 6.07) is 2.42. The van der Waals surface area contributed by atoms with E-state index in [1.807, 2.05) is 16.3 Å². The lowest BCUT2D eigenvalue weighted by Gasteiger charge is -2.13. The fraction of sp³-hybridized carbons (Fsp3) is 0.500. The van der Waals surface area contributed by atoms with E-state index in [2.05, 4.69) is 44.3 Å². The molecule has 0 spiro atoms. The molecule has 1 aliphatic rings. The van der Waals surface area contributed by atoms with Crippen LogP contribution in [0, 0.1) is 5.92 Å². The van der Waals surface area contributed by atoms with E-state index in [0.717, 1.165) is 24.1 Å². The van der Waals surface area contributed by atoms with Gasteiger partial charge in [0, 0.05) is 21.5 Å². The smallest absolute Gasteiger partial charge is 0.113 e. The molecule has 2 aromatic rings. The Hall–Kier alpha value is -0.470. The van der Waals surface area contributed by atoms with Crippen molar-refractivity contribution < 1.29 is 5.11 Å². The minimum absolute atomic E-state index is 0.280. The monoisotopic (exact) mass is 375 g/mol. The van der Waals surface area contributed by atoms with Crippen molar-refractivity contribution in [2.45, 2.75) is 22.8 Å². The highest BCUT2D eigenvalue weighted by molar-refractivity contribution is 14.1. The van der Waals surface area contributed by atoms with E-state index in [1.54, 1.807) is 11.3 Å². The van der Waals surface area contributed by atoms with Gasteiger partial charge in [-0.1, -0.05) is 27.8 Å². The largest absolute Gasteiger partial charge is 0.396 e. The van der Waals surface area contributed by atoms with Gasteiger partial charge in [0.05, 0.1) is 12.2 Å². The lowest BCUT2D eigenvalue weighted by molar-refractivity contribution is 0.225. The van der Waals surface area contributed by atoms with Gasteiger partial charge in [0.2, 0.25) is 0 Å². The summed E-state index contributed by atoms with van der Waals surface area (Å²) in [7, 11) is 0. The van der Waals surface area contributed by atoms with Gasteiger partial charge in [0.15, 0.2) is 0 Å². The fourth-order valence-electron chi connectivity index (χ4n) is 2.47. The number of halogens is 1. The number of aliphatic hydroxyl groups excluding tert-OH is 1. The summed E-state index contributed by atoms with van der Waals surface area (Å²) in [5, 5.41) is 21.9. The summed E-state index contributed by atoms with van der Waals surface area (Å²) in [6.45, 7) is 0.280. The summed E-state index contributed by atoms with van der Waals surface area (Å²) in [5.41, 5.74) is 2.07. The molecule has 0 bridgehead atoms. The van der Waals surface area contributed by atoms with Crippen LogP contribution in [0.4, 0.5) is 0 Å². The zero-order valence-corrected chi connectivity index (χ0v) is 12.7. The number of aromatic nitrogens is 3. The van der Waals surface area contributed by atoms with Crippen molar-refractivity contribution in [3.8, 4) is 11.3 Å². The van der Waals surface area contributed by atoms with Crippen molar-refractivity contribution in [2.75, 3.05) is 6.61 Å². The number of thiophene rings is 1. The van der Waals surface area contributed by atoms with Gasteiger partial charge in [0.1, 0.15) is 5.69 Å². The Morgan fingerprint density at radius 1 is 1.50 bits per heavy atom. The van der Waals surface area contributed by atoms with Crippen LogP contribution in [-0.2, 0) is 0 Å². The second kappa shape index (κ2) is 5.26. The van der Waals surface area contributed by atoms with Gasteiger partial charge in [-0.05, 0) is 30.2 Å². The molecule has 4 nitrogen and oxygen atoms in total. The Balaban J connectivity index is 1.81. The molecule has 1 N–H and O–H groups in total. The highest BCUT2D eigenvalue weighted by Gasteiger charge is 2.34. The van der Waals surface area contributed by atoms with Crippen molar-refractivity contribution >= 4 is 33.9 Å². The third kappa shape index (κ3) is 2.33. The maximum atomic E-state index is 9.26. The van der Waals surface area contributed by atoms with E-state index in [-0.39, 0.29) is 6.61 Å². The average molecular weight is 375 g/mol. The second-order valence-electron chi connectivity index (χ2n) is 4.70. The minimum Gasteiger partial charge on any atom is -0.396 e. The molecule has 0 unspecified atom stereocenters. The van der Waals surface area contributed by atoms with Gasteiger partial charge in [-0.15, -0.1) is 5.10 Å². The number of rotatable bonds is 3. The van der Waals surface area contributed by atoms with E-state index in [1.165, 1.54) is 0 Å². The van der Waals surface area contributed by atoms with Crippen molar-refractivity contribution in [1.29, 1.82) is 0 Å². The predicted molar refractivity (Wildman–Crippen MR) is 80.0 cm³/mol. The maximum Gasteiger partial charge on any atom is 0.113 e. The summed E-state index contributed by atoms with van der Waals surface area (Å²) in [4.78, 5) is 0. The first-order valence-electron chi connectivity index (χ1n) is 5.97. The van der Waals surface area contributed by atoms with Gasteiger partial charge in [0.25, 0.3) is 0 Å². The normalized spacial score (nSPS) is 27.8. The first-order valence-corrected chi connectivity index (χ1v) is 8.16. The van der Waals surface area contributed by atoms with Crippen molar-refractivity contribution in [3.05, 3.63) is 23.0 Å². The molecule has 2 heterocycles. The molecule has 0 aliphatic heterocycles. The van der Waals surface area contributed by atoms with Gasteiger partial charge < -0.3 is 5.11 Å². The second-order valence-corrected chi connectivity index (χ2v) is 7.08. The number of hydrogen-bond donors (Lipinski definition) is 1. The minimum atomic E-state index is 0.280. The molecule has 2 aromatic heterocycles. The van der Waals surface area contributed by atoms with Crippen LogP contribution in [0.3, 0.4) is 0 Å². The van der Waals surface area contributed by atoms with Gasteiger partial charge in [-0.25, -0.2) is 4.68 Å². The van der Waals surface area contributed by atoms with Crippen LogP contribution in [-0.4, -0.2) is 30.6 Å². The highest BCUT2D eigenvalue weighted by Crippen LogP contribution is 2.39. The fourth-order valence-corrected chi connectivity index (χ4v) is 4.46. The van der Waals surface area contributed by atoms with Crippen LogP contribution in [0.25, 0.3) is 11.3 Å². The van der Waals surface area contributed by atoms with E-state index < -0.39 is 0 Å². The molecule has 3 rings (SSSR count). The molecule has 1 saturated carbocycles. The summed E-state index contributed by atoms with van der Waals surface area (Å²) < 4.78 is 2.50. The Kier molecular flexibility index (Phi) is 3.67. The maximum absolute atomic E-state index is 9.26. The molecular weight excluding hydrogens is 361 g/mol. The summed E-state index contributed by atoms with van der Waals surface area (Å²) >= 11 is 4.13. The molecule has 6 heteroatoms. The van der Waals surface area contributed by atoms with Crippen LogP contribution in [0.1, 0.15) is 18.9 Å². The number of nitrogens with zero attached hydrogens (tertiary/aromatic N) is 3. The lowest BCUT2D eigenvalue weighted by atomic mass is 10.1. The molecule has 1 aliphatic carbocycles. The zero-order valence-electron chi connectivity index (χ0n) is 9.74. The van der Waals surface area contributed by atoms with Crippen LogP contribution < -0.4 is 0 Å². The van der Waals surface area contributed by atoms with E-state index in [4.69, 9.17) is 0 Å².